The van der Waals surface area contributed by atoms with Gasteiger partial charge in [-0.1, -0.05) is 18.2 Å². The molecule has 130 valence electrons. The number of hydrogen-bond donors (Lipinski definition) is 1. The van der Waals surface area contributed by atoms with Crippen molar-refractivity contribution in [3.05, 3.63) is 71.2 Å². The van der Waals surface area contributed by atoms with E-state index in [-0.39, 0.29) is 12.5 Å². The SMILES string of the molecule is Cc1cc(C)n(-c2ccc(NC(=O)C3=Cc4ccccc4OC3)cn2)n1. The summed E-state index contributed by atoms with van der Waals surface area (Å²) in [6, 6.07) is 13.3. The number of para-hydroxylation sites is 1. The Kier molecular flexibility index (Phi) is 4.01. The minimum absolute atomic E-state index is 0.194. The van der Waals surface area contributed by atoms with E-state index >= 15 is 0 Å². The Morgan fingerprint density at radius 3 is 2.77 bits per heavy atom. The molecule has 0 saturated carbocycles. The van der Waals surface area contributed by atoms with Crippen LogP contribution in [-0.4, -0.2) is 27.3 Å². The lowest BCUT2D eigenvalue weighted by Gasteiger charge is -2.17. The zero-order valence-corrected chi connectivity index (χ0v) is 14.6. The van der Waals surface area contributed by atoms with Crippen LogP contribution in [0.15, 0.2) is 54.2 Å². The molecular weight excluding hydrogens is 328 g/mol. The molecule has 0 saturated heterocycles. The Bertz CT molecular complexity index is 1000. The average Bonchev–Trinajstić information content (AvgIpc) is 3.00. The van der Waals surface area contributed by atoms with E-state index in [1.807, 2.05) is 62.4 Å². The molecule has 2 aromatic heterocycles. The molecule has 1 amide bonds. The summed E-state index contributed by atoms with van der Waals surface area (Å²) in [5, 5.41) is 7.27. The maximum atomic E-state index is 12.5. The van der Waals surface area contributed by atoms with E-state index in [1.54, 1.807) is 10.9 Å². The lowest BCUT2D eigenvalue weighted by atomic mass is 10.1. The molecule has 3 heterocycles. The summed E-state index contributed by atoms with van der Waals surface area (Å²) in [4.78, 5) is 16.9. The third-order valence-corrected chi connectivity index (χ3v) is 4.16. The Labute approximate surface area is 151 Å². The van der Waals surface area contributed by atoms with Gasteiger partial charge in [-0.25, -0.2) is 9.67 Å². The number of pyridine rings is 1. The van der Waals surface area contributed by atoms with Crippen LogP contribution in [0.3, 0.4) is 0 Å². The minimum Gasteiger partial charge on any atom is -0.488 e. The van der Waals surface area contributed by atoms with Crippen molar-refractivity contribution in [1.82, 2.24) is 14.8 Å². The van der Waals surface area contributed by atoms with Crippen LogP contribution in [0, 0.1) is 13.8 Å². The number of aryl methyl sites for hydroxylation is 2. The monoisotopic (exact) mass is 346 g/mol. The summed E-state index contributed by atoms with van der Waals surface area (Å²) in [6.45, 7) is 4.17. The van der Waals surface area contributed by atoms with Crippen molar-refractivity contribution in [3.8, 4) is 11.6 Å². The van der Waals surface area contributed by atoms with Crippen molar-refractivity contribution < 1.29 is 9.53 Å². The summed E-state index contributed by atoms with van der Waals surface area (Å²) in [6.07, 6.45) is 3.48. The number of nitrogens with one attached hydrogen (secondary N) is 1. The first-order valence-corrected chi connectivity index (χ1v) is 8.33. The second-order valence-corrected chi connectivity index (χ2v) is 6.19. The van der Waals surface area contributed by atoms with Crippen molar-refractivity contribution in [2.75, 3.05) is 11.9 Å². The quantitative estimate of drug-likeness (QED) is 0.790. The fourth-order valence-electron chi connectivity index (χ4n) is 2.90. The number of carbonyl (C=O) groups is 1. The van der Waals surface area contributed by atoms with Gasteiger partial charge in [0.15, 0.2) is 5.82 Å². The first-order valence-electron chi connectivity index (χ1n) is 8.33. The molecule has 3 aromatic rings. The number of aromatic nitrogens is 3. The second kappa shape index (κ2) is 6.48. The lowest BCUT2D eigenvalue weighted by molar-refractivity contribution is -0.113. The highest BCUT2D eigenvalue weighted by Gasteiger charge is 2.17. The summed E-state index contributed by atoms with van der Waals surface area (Å²) in [7, 11) is 0. The van der Waals surface area contributed by atoms with Gasteiger partial charge in [0, 0.05) is 11.3 Å². The van der Waals surface area contributed by atoms with Crippen LogP contribution < -0.4 is 10.1 Å². The topological polar surface area (TPSA) is 69.0 Å². The van der Waals surface area contributed by atoms with Gasteiger partial charge in [-0.3, -0.25) is 4.79 Å². The predicted molar refractivity (Wildman–Crippen MR) is 99.4 cm³/mol. The molecule has 0 radical (unpaired) electrons. The first-order chi connectivity index (χ1) is 12.6. The van der Waals surface area contributed by atoms with Gasteiger partial charge in [0.1, 0.15) is 12.4 Å². The summed E-state index contributed by atoms with van der Waals surface area (Å²) in [5.41, 5.74) is 4.05. The maximum Gasteiger partial charge on any atom is 0.255 e. The third kappa shape index (κ3) is 3.09. The third-order valence-electron chi connectivity index (χ3n) is 4.16. The highest BCUT2D eigenvalue weighted by Crippen LogP contribution is 2.26. The Balaban J connectivity index is 1.50. The molecule has 0 aliphatic carbocycles. The van der Waals surface area contributed by atoms with Crippen LogP contribution in [0.2, 0.25) is 0 Å². The zero-order chi connectivity index (χ0) is 18.1. The molecule has 0 atom stereocenters. The van der Waals surface area contributed by atoms with E-state index in [0.717, 1.165) is 22.7 Å². The molecule has 1 N–H and O–H groups in total. The number of fused-ring (bicyclic) bond motifs is 1. The number of anilines is 1. The van der Waals surface area contributed by atoms with Crippen LogP contribution >= 0.6 is 0 Å². The van der Waals surface area contributed by atoms with Crippen molar-refractivity contribution in [1.29, 1.82) is 0 Å². The number of carbonyl (C=O) groups excluding carboxylic acids is 1. The standard InChI is InChI=1S/C20H18N4O2/c1-13-9-14(2)24(23-13)19-8-7-17(11-21-19)22-20(25)16-10-15-5-3-4-6-18(15)26-12-16/h3-11H,12H2,1-2H3,(H,22,25). The van der Waals surface area contributed by atoms with E-state index in [9.17, 15) is 4.79 Å². The Morgan fingerprint density at radius 2 is 2.04 bits per heavy atom. The number of ether oxygens (including phenoxy) is 1. The van der Waals surface area contributed by atoms with Gasteiger partial charge in [-0.05, 0) is 44.2 Å². The molecule has 1 aliphatic heterocycles. The highest BCUT2D eigenvalue weighted by molar-refractivity contribution is 6.07. The van der Waals surface area contributed by atoms with Crippen molar-refractivity contribution in [2.24, 2.45) is 0 Å². The van der Waals surface area contributed by atoms with E-state index in [0.29, 0.717) is 17.1 Å². The van der Waals surface area contributed by atoms with Crippen molar-refractivity contribution in [3.63, 3.8) is 0 Å². The molecule has 0 spiro atoms. The van der Waals surface area contributed by atoms with Crippen LogP contribution in [0.4, 0.5) is 5.69 Å². The van der Waals surface area contributed by atoms with Gasteiger partial charge in [-0.2, -0.15) is 5.10 Å². The normalized spacial score (nSPS) is 12.8. The summed E-state index contributed by atoms with van der Waals surface area (Å²) < 4.78 is 7.40. The van der Waals surface area contributed by atoms with E-state index in [1.165, 1.54) is 0 Å². The van der Waals surface area contributed by atoms with Gasteiger partial charge in [-0.15, -0.1) is 0 Å². The molecule has 0 bridgehead atoms. The lowest BCUT2D eigenvalue weighted by Crippen LogP contribution is -2.21. The predicted octanol–water partition coefficient (Wildman–Crippen LogP) is 3.30. The molecule has 1 aromatic carbocycles. The van der Waals surface area contributed by atoms with Crippen LogP contribution in [0.1, 0.15) is 17.0 Å². The van der Waals surface area contributed by atoms with Crippen LogP contribution in [0.25, 0.3) is 11.9 Å². The van der Waals surface area contributed by atoms with E-state index in [4.69, 9.17) is 4.74 Å². The molecule has 0 fully saturated rings. The first kappa shape index (κ1) is 16.1. The Morgan fingerprint density at radius 1 is 1.19 bits per heavy atom. The molecule has 4 rings (SSSR count). The number of amides is 1. The van der Waals surface area contributed by atoms with E-state index < -0.39 is 0 Å². The largest absolute Gasteiger partial charge is 0.488 e. The fourth-order valence-corrected chi connectivity index (χ4v) is 2.90. The van der Waals surface area contributed by atoms with Crippen LogP contribution in [0.5, 0.6) is 5.75 Å². The summed E-state index contributed by atoms with van der Waals surface area (Å²) >= 11 is 0. The Hall–Kier alpha value is -3.41. The summed E-state index contributed by atoms with van der Waals surface area (Å²) in [5.74, 6) is 1.31. The van der Waals surface area contributed by atoms with E-state index in [2.05, 4.69) is 15.4 Å². The van der Waals surface area contributed by atoms with Gasteiger partial charge < -0.3 is 10.1 Å². The highest BCUT2D eigenvalue weighted by atomic mass is 16.5. The molecular formula is C20H18N4O2. The molecule has 0 unspecified atom stereocenters. The molecule has 26 heavy (non-hydrogen) atoms. The van der Waals surface area contributed by atoms with Gasteiger partial charge in [0.25, 0.3) is 5.91 Å². The fraction of sp³-hybridized carbons (Fsp3) is 0.150. The van der Waals surface area contributed by atoms with Gasteiger partial charge in [0.2, 0.25) is 0 Å². The maximum absolute atomic E-state index is 12.5. The van der Waals surface area contributed by atoms with Crippen LogP contribution in [-0.2, 0) is 4.79 Å². The zero-order valence-electron chi connectivity index (χ0n) is 14.6. The van der Waals surface area contributed by atoms with Crippen molar-refractivity contribution in [2.45, 2.75) is 13.8 Å². The number of benzene rings is 1. The smallest absolute Gasteiger partial charge is 0.255 e. The molecule has 6 heteroatoms. The average molecular weight is 346 g/mol. The number of nitrogens with zero attached hydrogens (tertiary/aromatic N) is 3. The molecule has 6 nitrogen and oxygen atoms in total. The van der Waals surface area contributed by atoms with Crippen molar-refractivity contribution >= 4 is 17.7 Å². The minimum atomic E-state index is -0.194. The number of hydrogen-bond acceptors (Lipinski definition) is 4. The second-order valence-electron chi connectivity index (χ2n) is 6.19. The molecule has 1 aliphatic rings. The van der Waals surface area contributed by atoms with Gasteiger partial charge in [0.05, 0.1) is 23.2 Å². The van der Waals surface area contributed by atoms with Gasteiger partial charge >= 0.3 is 0 Å². The number of rotatable bonds is 3.